The third kappa shape index (κ3) is 7.53. The van der Waals surface area contributed by atoms with Gasteiger partial charge in [0.1, 0.15) is 0 Å². The highest BCUT2D eigenvalue weighted by Gasteiger charge is 2.00. The summed E-state index contributed by atoms with van der Waals surface area (Å²) in [5, 5.41) is 14.3. The molecule has 0 bridgehead atoms. The van der Waals surface area contributed by atoms with Crippen LogP contribution in [0.25, 0.3) is 0 Å². The van der Waals surface area contributed by atoms with Gasteiger partial charge in [0.15, 0.2) is 5.82 Å². The third-order valence-corrected chi connectivity index (χ3v) is 2.49. The molecule has 1 rings (SSSR count). The molecule has 0 aliphatic rings. The molecule has 0 radical (unpaired) electrons. The molecule has 0 amide bonds. The first-order valence-corrected chi connectivity index (χ1v) is 6.55. The van der Waals surface area contributed by atoms with E-state index in [9.17, 15) is 0 Å². The molecule has 7 nitrogen and oxygen atoms in total. The summed E-state index contributed by atoms with van der Waals surface area (Å²) >= 11 is 0. The monoisotopic (exact) mass is 267 g/mol. The minimum Gasteiger partial charge on any atom is -0.369 e. The van der Waals surface area contributed by atoms with Crippen LogP contribution in [0, 0.1) is 0 Å². The minimum absolute atomic E-state index is 0.569. The second-order valence-corrected chi connectivity index (χ2v) is 4.98. The Bertz CT molecular complexity index is 354. The Morgan fingerprint density at radius 2 is 1.74 bits per heavy atom. The van der Waals surface area contributed by atoms with E-state index >= 15 is 0 Å². The maximum absolute atomic E-state index is 4.36. The summed E-state index contributed by atoms with van der Waals surface area (Å²) in [4.78, 5) is 8.62. The molecule has 0 aliphatic carbocycles. The minimum atomic E-state index is 0.569. The average molecular weight is 267 g/mol. The molecule has 0 unspecified atom stereocenters. The van der Waals surface area contributed by atoms with Crippen LogP contribution in [0.5, 0.6) is 0 Å². The highest BCUT2D eigenvalue weighted by molar-refractivity contribution is 5.36. The molecule has 1 aromatic heterocycles. The third-order valence-electron chi connectivity index (χ3n) is 2.49. The van der Waals surface area contributed by atoms with Crippen LogP contribution in [-0.4, -0.2) is 79.4 Å². The summed E-state index contributed by atoms with van der Waals surface area (Å²) in [6, 6.07) is 0. The van der Waals surface area contributed by atoms with E-state index in [4.69, 9.17) is 0 Å². The highest BCUT2D eigenvalue weighted by Crippen LogP contribution is 2.03. The topological polar surface area (TPSA) is 69.2 Å². The van der Waals surface area contributed by atoms with Gasteiger partial charge in [-0.15, -0.1) is 5.10 Å². The molecule has 0 atom stereocenters. The molecule has 2 N–H and O–H groups in total. The molecule has 19 heavy (non-hydrogen) atoms. The van der Waals surface area contributed by atoms with Crippen LogP contribution in [0.3, 0.4) is 0 Å². The standard InChI is InChI=1S/C12H25N7/c1-18(2)8-5-6-13-11-10-15-17-12(16-11)14-7-9-19(3)4/h10H,5-9H2,1-4H3,(H2,13,14,16,17). The van der Waals surface area contributed by atoms with Crippen molar-refractivity contribution >= 4 is 11.8 Å². The van der Waals surface area contributed by atoms with Gasteiger partial charge in [-0.1, -0.05) is 0 Å². The van der Waals surface area contributed by atoms with Crippen LogP contribution in [0.2, 0.25) is 0 Å². The van der Waals surface area contributed by atoms with E-state index in [1.54, 1.807) is 6.20 Å². The van der Waals surface area contributed by atoms with E-state index in [0.29, 0.717) is 5.95 Å². The number of anilines is 2. The summed E-state index contributed by atoms with van der Waals surface area (Å²) in [7, 11) is 8.20. The molecule has 1 heterocycles. The molecule has 0 spiro atoms. The van der Waals surface area contributed by atoms with E-state index in [2.05, 4.69) is 49.7 Å². The summed E-state index contributed by atoms with van der Waals surface area (Å²) in [6.45, 7) is 3.68. The van der Waals surface area contributed by atoms with Crippen molar-refractivity contribution in [1.29, 1.82) is 0 Å². The number of nitrogens with one attached hydrogen (secondary N) is 2. The van der Waals surface area contributed by atoms with Crippen molar-refractivity contribution in [3.05, 3.63) is 6.20 Å². The van der Waals surface area contributed by atoms with Crippen LogP contribution < -0.4 is 10.6 Å². The number of nitrogens with zero attached hydrogens (tertiary/aromatic N) is 5. The van der Waals surface area contributed by atoms with Gasteiger partial charge >= 0.3 is 0 Å². The van der Waals surface area contributed by atoms with E-state index in [-0.39, 0.29) is 0 Å². The Hall–Kier alpha value is -1.47. The van der Waals surface area contributed by atoms with Crippen molar-refractivity contribution in [2.24, 2.45) is 0 Å². The summed E-state index contributed by atoms with van der Waals surface area (Å²) in [6.07, 6.45) is 2.72. The zero-order chi connectivity index (χ0) is 14.1. The molecule has 7 heteroatoms. The van der Waals surface area contributed by atoms with Gasteiger partial charge in [0, 0.05) is 19.6 Å². The van der Waals surface area contributed by atoms with Crippen LogP contribution in [0.15, 0.2) is 6.20 Å². The van der Waals surface area contributed by atoms with E-state index in [1.807, 2.05) is 14.1 Å². The molecule has 1 aromatic rings. The van der Waals surface area contributed by atoms with Crippen molar-refractivity contribution in [2.45, 2.75) is 6.42 Å². The maximum atomic E-state index is 4.36. The largest absolute Gasteiger partial charge is 0.369 e. The molecule has 108 valence electrons. The van der Waals surface area contributed by atoms with Gasteiger partial charge in [-0.25, -0.2) is 0 Å². The fraction of sp³-hybridized carbons (Fsp3) is 0.750. The van der Waals surface area contributed by atoms with Crippen LogP contribution in [-0.2, 0) is 0 Å². The Balaban J connectivity index is 2.31. The lowest BCUT2D eigenvalue weighted by atomic mass is 10.4. The van der Waals surface area contributed by atoms with Crippen LogP contribution in [0.1, 0.15) is 6.42 Å². The second-order valence-electron chi connectivity index (χ2n) is 4.98. The quantitative estimate of drug-likeness (QED) is 0.620. The summed E-state index contributed by atoms with van der Waals surface area (Å²) < 4.78 is 0. The highest BCUT2D eigenvalue weighted by atomic mass is 15.3. The predicted molar refractivity (Wildman–Crippen MR) is 78.5 cm³/mol. The van der Waals surface area contributed by atoms with Crippen molar-refractivity contribution < 1.29 is 0 Å². The van der Waals surface area contributed by atoms with Gasteiger partial charge < -0.3 is 20.4 Å². The lowest BCUT2D eigenvalue weighted by molar-refractivity contribution is 0.405. The normalized spacial score (nSPS) is 11.1. The van der Waals surface area contributed by atoms with Crippen LogP contribution >= 0.6 is 0 Å². The fourth-order valence-electron chi connectivity index (χ4n) is 1.47. The molecular weight excluding hydrogens is 242 g/mol. The molecule has 0 aromatic carbocycles. The molecular formula is C12H25N7. The van der Waals surface area contributed by atoms with Crippen LogP contribution in [0.4, 0.5) is 11.8 Å². The second kappa shape index (κ2) is 8.60. The Morgan fingerprint density at radius 1 is 1.00 bits per heavy atom. The van der Waals surface area contributed by atoms with E-state index < -0.39 is 0 Å². The number of rotatable bonds is 9. The first-order valence-electron chi connectivity index (χ1n) is 6.55. The lowest BCUT2D eigenvalue weighted by Gasteiger charge is -2.11. The predicted octanol–water partition coefficient (Wildman–Crippen LogP) is 0.209. The Morgan fingerprint density at radius 3 is 2.42 bits per heavy atom. The number of hydrogen-bond donors (Lipinski definition) is 2. The average Bonchev–Trinajstić information content (AvgIpc) is 2.34. The van der Waals surface area contributed by atoms with Gasteiger partial charge in [-0.05, 0) is 41.2 Å². The number of likely N-dealkylation sites (N-methyl/N-ethyl adjacent to an activating group) is 1. The molecule has 0 fully saturated rings. The molecule has 0 aliphatic heterocycles. The van der Waals surface area contributed by atoms with Crippen molar-refractivity contribution in [3.8, 4) is 0 Å². The Kier molecular flexibility index (Phi) is 7.06. The van der Waals surface area contributed by atoms with Crippen molar-refractivity contribution in [1.82, 2.24) is 25.0 Å². The molecule has 0 saturated carbocycles. The Labute approximate surface area is 115 Å². The van der Waals surface area contributed by atoms with E-state index in [0.717, 1.165) is 38.4 Å². The van der Waals surface area contributed by atoms with Crippen molar-refractivity contribution in [3.63, 3.8) is 0 Å². The zero-order valence-corrected chi connectivity index (χ0v) is 12.3. The SMILES string of the molecule is CN(C)CCCNc1cnnc(NCCN(C)C)n1. The fourth-order valence-corrected chi connectivity index (χ4v) is 1.47. The van der Waals surface area contributed by atoms with E-state index in [1.165, 1.54) is 0 Å². The summed E-state index contributed by atoms with van der Waals surface area (Å²) in [5.74, 6) is 1.33. The number of hydrogen-bond acceptors (Lipinski definition) is 7. The first-order chi connectivity index (χ1) is 9.08. The van der Waals surface area contributed by atoms with Gasteiger partial charge in [-0.2, -0.15) is 10.1 Å². The van der Waals surface area contributed by atoms with Gasteiger partial charge in [0.25, 0.3) is 0 Å². The summed E-state index contributed by atoms with van der Waals surface area (Å²) in [5.41, 5.74) is 0. The van der Waals surface area contributed by atoms with Crippen molar-refractivity contribution in [2.75, 3.05) is 65.0 Å². The zero-order valence-electron chi connectivity index (χ0n) is 12.3. The lowest BCUT2D eigenvalue weighted by Crippen LogP contribution is -2.22. The van der Waals surface area contributed by atoms with Gasteiger partial charge in [-0.3, -0.25) is 0 Å². The smallest absolute Gasteiger partial charge is 0.244 e. The maximum Gasteiger partial charge on any atom is 0.244 e. The number of aromatic nitrogens is 3. The molecule has 0 saturated heterocycles. The van der Waals surface area contributed by atoms with Gasteiger partial charge in [0.05, 0.1) is 6.20 Å². The first kappa shape index (κ1) is 15.6. The van der Waals surface area contributed by atoms with Gasteiger partial charge in [0.2, 0.25) is 5.95 Å².